The molecule has 2 fully saturated rings. The van der Waals surface area contributed by atoms with E-state index in [9.17, 15) is 5.11 Å². The largest absolute Gasteiger partial charge is 0.389 e. The summed E-state index contributed by atoms with van der Waals surface area (Å²) in [6.45, 7) is 2.21. The molecule has 0 amide bonds. The Bertz CT molecular complexity index is 153. The Morgan fingerprint density at radius 3 is 2.73 bits per heavy atom. The van der Waals surface area contributed by atoms with Crippen LogP contribution >= 0.6 is 0 Å². The van der Waals surface area contributed by atoms with Gasteiger partial charge >= 0.3 is 0 Å². The maximum atomic E-state index is 10.3. The summed E-state index contributed by atoms with van der Waals surface area (Å²) in [6.07, 6.45) is 7.47. The predicted octanol–water partition coefficient (Wildman–Crippen LogP) is 2.34. The van der Waals surface area contributed by atoms with Gasteiger partial charge in [-0.3, -0.25) is 0 Å². The fourth-order valence-electron chi connectivity index (χ4n) is 3.00. The fourth-order valence-corrected chi connectivity index (χ4v) is 3.00. The maximum Gasteiger partial charge on any atom is 0.0701 e. The molecule has 2 saturated carbocycles. The summed E-state index contributed by atoms with van der Waals surface area (Å²) in [7, 11) is 0. The van der Waals surface area contributed by atoms with Gasteiger partial charge in [0.1, 0.15) is 0 Å². The van der Waals surface area contributed by atoms with E-state index >= 15 is 0 Å². The molecule has 0 saturated heterocycles. The molecule has 0 heterocycles. The topological polar surface area (TPSA) is 20.2 Å². The van der Waals surface area contributed by atoms with Crippen LogP contribution in [0, 0.1) is 11.8 Å². The molecule has 1 N–H and O–H groups in total. The zero-order valence-electron chi connectivity index (χ0n) is 7.34. The van der Waals surface area contributed by atoms with Crippen molar-refractivity contribution in [2.45, 2.75) is 51.0 Å². The van der Waals surface area contributed by atoms with Crippen molar-refractivity contribution in [2.24, 2.45) is 11.8 Å². The van der Waals surface area contributed by atoms with Crippen molar-refractivity contribution < 1.29 is 5.11 Å². The van der Waals surface area contributed by atoms with Crippen LogP contribution in [0.4, 0.5) is 0 Å². The summed E-state index contributed by atoms with van der Waals surface area (Å²) in [5, 5.41) is 10.3. The van der Waals surface area contributed by atoms with Gasteiger partial charge < -0.3 is 5.11 Å². The highest BCUT2D eigenvalue weighted by atomic mass is 16.3. The van der Waals surface area contributed by atoms with Crippen molar-refractivity contribution >= 4 is 0 Å². The lowest BCUT2D eigenvalue weighted by Gasteiger charge is -2.37. The van der Waals surface area contributed by atoms with E-state index in [1.54, 1.807) is 0 Å². The molecule has 0 aromatic heterocycles. The van der Waals surface area contributed by atoms with Crippen LogP contribution in [0.25, 0.3) is 0 Å². The van der Waals surface area contributed by atoms with E-state index in [-0.39, 0.29) is 5.60 Å². The highest BCUT2D eigenvalue weighted by Gasteiger charge is 2.47. The zero-order valence-corrected chi connectivity index (χ0v) is 7.34. The van der Waals surface area contributed by atoms with Gasteiger partial charge in [0.15, 0.2) is 0 Å². The summed E-state index contributed by atoms with van der Waals surface area (Å²) in [4.78, 5) is 0. The maximum absolute atomic E-state index is 10.3. The van der Waals surface area contributed by atoms with Gasteiger partial charge in [0.2, 0.25) is 0 Å². The lowest BCUT2D eigenvalue weighted by Crippen LogP contribution is -2.40. The molecule has 0 unspecified atom stereocenters. The average molecular weight is 154 g/mol. The minimum absolute atomic E-state index is 0.252. The zero-order chi connectivity index (χ0) is 7.90. The summed E-state index contributed by atoms with van der Waals surface area (Å²) in [5.74, 6) is 1.21. The Hall–Kier alpha value is -0.0400. The SMILES string of the molecule is C[C@@H]1CC[C@@H]2CCCC[C@]21O. The molecule has 2 rings (SSSR count). The van der Waals surface area contributed by atoms with E-state index in [0.717, 1.165) is 6.42 Å². The molecule has 11 heavy (non-hydrogen) atoms. The Morgan fingerprint density at radius 1 is 1.18 bits per heavy atom. The molecule has 1 heteroatoms. The first-order valence-corrected chi connectivity index (χ1v) is 4.96. The number of rotatable bonds is 0. The molecule has 0 bridgehead atoms. The van der Waals surface area contributed by atoms with Gasteiger partial charge in [-0.15, -0.1) is 0 Å². The second-order valence-electron chi connectivity index (χ2n) is 4.41. The van der Waals surface area contributed by atoms with Crippen molar-refractivity contribution in [1.29, 1.82) is 0 Å². The minimum Gasteiger partial charge on any atom is -0.389 e. The van der Waals surface area contributed by atoms with Crippen LogP contribution in [0.1, 0.15) is 45.4 Å². The van der Waals surface area contributed by atoms with E-state index in [0.29, 0.717) is 11.8 Å². The molecule has 2 aliphatic carbocycles. The summed E-state index contributed by atoms with van der Waals surface area (Å²) in [6, 6.07) is 0. The Labute approximate surface area is 68.8 Å². The molecule has 0 radical (unpaired) electrons. The van der Waals surface area contributed by atoms with Gasteiger partial charge in [-0.25, -0.2) is 0 Å². The Morgan fingerprint density at radius 2 is 2.00 bits per heavy atom. The third-order valence-electron chi connectivity index (χ3n) is 3.89. The monoisotopic (exact) mass is 154 g/mol. The molecule has 2 aliphatic rings. The third kappa shape index (κ3) is 1.01. The summed E-state index contributed by atoms with van der Waals surface area (Å²) >= 11 is 0. The molecular formula is C10H18O. The van der Waals surface area contributed by atoms with Crippen LogP contribution in [-0.2, 0) is 0 Å². The van der Waals surface area contributed by atoms with Gasteiger partial charge in [0.05, 0.1) is 5.60 Å². The molecule has 3 atom stereocenters. The van der Waals surface area contributed by atoms with E-state index in [4.69, 9.17) is 0 Å². The molecule has 0 aromatic rings. The first-order chi connectivity index (χ1) is 5.23. The quantitative estimate of drug-likeness (QED) is 0.568. The van der Waals surface area contributed by atoms with Gasteiger partial charge in [-0.1, -0.05) is 19.8 Å². The first-order valence-electron chi connectivity index (χ1n) is 4.96. The van der Waals surface area contributed by atoms with Crippen molar-refractivity contribution in [3.05, 3.63) is 0 Å². The second kappa shape index (κ2) is 2.48. The van der Waals surface area contributed by atoms with Gasteiger partial charge in [-0.2, -0.15) is 0 Å². The smallest absolute Gasteiger partial charge is 0.0701 e. The number of hydrogen-bond acceptors (Lipinski definition) is 1. The Kier molecular flexibility index (Phi) is 1.71. The second-order valence-corrected chi connectivity index (χ2v) is 4.41. The number of hydrogen-bond donors (Lipinski definition) is 1. The molecule has 0 aromatic carbocycles. The molecule has 64 valence electrons. The summed E-state index contributed by atoms with van der Waals surface area (Å²) in [5.41, 5.74) is -0.252. The predicted molar refractivity (Wildman–Crippen MR) is 45.3 cm³/mol. The normalized spacial score (nSPS) is 50.7. The van der Waals surface area contributed by atoms with Crippen LogP contribution in [-0.4, -0.2) is 10.7 Å². The Balaban J connectivity index is 2.16. The fraction of sp³-hybridized carbons (Fsp3) is 1.00. The number of aliphatic hydroxyl groups is 1. The highest BCUT2D eigenvalue weighted by Crippen LogP contribution is 2.48. The lowest BCUT2D eigenvalue weighted by atomic mass is 9.74. The lowest BCUT2D eigenvalue weighted by molar-refractivity contribution is -0.0571. The number of fused-ring (bicyclic) bond motifs is 1. The van der Waals surface area contributed by atoms with E-state index in [2.05, 4.69) is 6.92 Å². The first kappa shape index (κ1) is 7.60. The van der Waals surface area contributed by atoms with Crippen LogP contribution < -0.4 is 0 Å². The van der Waals surface area contributed by atoms with E-state index in [1.165, 1.54) is 32.1 Å². The molecule has 1 nitrogen and oxygen atoms in total. The van der Waals surface area contributed by atoms with Gasteiger partial charge in [-0.05, 0) is 37.5 Å². The molecular weight excluding hydrogens is 136 g/mol. The van der Waals surface area contributed by atoms with Crippen LogP contribution in [0.5, 0.6) is 0 Å². The molecule has 0 aliphatic heterocycles. The van der Waals surface area contributed by atoms with Crippen molar-refractivity contribution in [1.82, 2.24) is 0 Å². The van der Waals surface area contributed by atoms with Crippen LogP contribution in [0.15, 0.2) is 0 Å². The van der Waals surface area contributed by atoms with Gasteiger partial charge in [0, 0.05) is 0 Å². The summed E-state index contributed by atoms with van der Waals surface area (Å²) < 4.78 is 0. The molecule has 0 spiro atoms. The average Bonchev–Trinajstić information content (AvgIpc) is 2.29. The van der Waals surface area contributed by atoms with Crippen LogP contribution in [0.2, 0.25) is 0 Å². The van der Waals surface area contributed by atoms with Gasteiger partial charge in [0.25, 0.3) is 0 Å². The standard InChI is InChI=1S/C10H18O/c1-8-5-6-9-4-2-3-7-10(8,9)11/h8-9,11H,2-7H2,1H3/t8-,9+,10-/m1/s1. The van der Waals surface area contributed by atoms with Crippen molar-refractivity contribution in [2.75, 3.05) is 0 Å². The van der Waals surface area contributed by atoms with Crippen LogP contribution in [0.3, 0.4) is 0 Å². The highest BCUT2D eigenvalue weighted by molar-refractivity contribution is 4.98. The van der Waals surface area contributed by atoms with Crippen molar-refractivity contribution in [3.8, 4) is 0 Å². The third-order valence-corrected chi connectivity index (χ3v) is 3.89. The minimum atomic E-state index is -0.252. The van der Waals surface area contributed by atoms with E-state index in [1.807, 2.05) is 0 Å². The van der Waals surface area contributed by atoms with Crippen molar-refractivity contribution in [3.63, 3.8) is 0 Å². The van der Waals surface area contributed by atoms with E-state index < -0.39 is 0 Å².